The summed E-state index contributed by atoms with van der Waals surface area (Å²) in [5, 5.41) is 1.68. The summed E-state index contributed by atoms with van der Waals surface area (Å²) in [6.45, 7) is -0.0177. The van der Waals surface area contributed by atoms with E-state index in [2.05, 4.69) is 4.72 Å². The third kappa shape index (κ3) is 6.19. The highest BCUT2D eigenvalue weighted by molar-refractivity contribution is 7.92. The van der Waals surface area contributed by atoms with E-state index in [1.54, 1.807) is 5.32 Å². The molecule has 0 bridgehead atoms. The minimum Gasteiger partial charge on any atom is -0.343 e. The van der Waals surface area contributed by atoms with E-state index >= 15 is 0 Å². The fourth-order valence-electron chi connectivity index (χ4n) is 2.18. The van der Waals surface area contributed by atoms with Crippen LogP contribution in [-0.4, -0.2) is 41.2 Å². The van der Waals surface area contributed by atoms with Crippen molar-refractivity contribution in [3.8, 4) is 0 Å². The molecule has 0 atom stereocenters. The third-order valence-corrected chi connectivity index (χ3v) is 6.87. The van der Waals surface area contributed by atoms with Crippen molar-refractivity contribution >= 4 is 31.5 Å². The summed E-state index contributed by atoms with van der Waals surface area (Å²) in [5.41, 5.74) is -0.0191. The fourth-order valence-corrected chi connectivity index (χ4v) is 4.12. The topological polar surface area (TPSA) is 109 Å². The molecule has 12 heteroatoms. The van der Waals surface area contributed by atoms with Crippen LogP contribution in [0, 0.1) is 0 Å². The van der Waals surface area contributed by atoms with Gasteiger partial charge in [-0.2, -0.15) is 13.2 Å². The van der Waals surface area contributed by atoms with Crippen molar-refractivity contribution in [2.75, 3.05) is 17.0 Å². The van der Waals surface area contributed by atoms with Gasteiger partial charge in [0.25, 0.3) is 15.9 Å². The summed E-state index contributed by atoms with van der Waals surface area (Å²) in [6, 6.07) is 9.42. The predicted octanol–water partition coefficient (Wildman–Crippen LogP) is 2.57. The van der Waals surface area contributed by atoms with Gasteiger partial charge in [0, 0.05) is 11.3 Å². The summed E-state index contributed by atoms with van der Waals surface area (Å²) in [7, 11) is -7.48. The van der Waals surface area contributed by atoms with E-state index in [1.165, 1.54) is 31.2 Å². The summed E-state index contributed by atoms with van der Waals surface area (Å²) in [4.78, 5) is 11.5. The van der Waals surface area contributed by atoms with E-state index < -0.39 is 38.5 Å². The number of sulfone groups is 1. The SMILES string of the molecule is CCS(=O)(=O)c1ccc(NS(=O)(=O)c2ccc(C(=O)NCC(F)(F)F)cc2)cc1. The second kappa shape index (κ2) is 8.41. The van der Waals surface area contributed by atoms with Crippen LogP contribution in [-0.2, 0) is 19.9 Å². The summed E-state index contributed by atoms with van der Waals surface area (Å²) in [6.07, 6.45) is -4.56. The first-order valence-corrected chi connectivity index (χ1v) is 11.3. The lowest BCUT2D eigenvalue weighted by Gasteiger charge is -2.10. The van der Waals surface area contributed by atoms with E-state index in [4.69, 9.17) is 0 Å². The van der Waals surface area contributed by atoms with Crippen LogP contribution in [0.2, 0.25) is 0 Å². The van der Waals surface area contributed by atoms with Crippen molar-refractivity contribution in [2.24, 2.45) is 0 Å². The molecule has 1 amide bonds. The summed E-state index contributed by atoms with van der Waals surface area (Å²) < 4.78 is 87.0. The Morgan fingerprint density at radius 1 is 0.897 bits per heavy atom. The Kier molecular flexibility index (Phi) is 6.58. The number of halogens is 3. The average Bonchev–Trinajstić information content (AvgIpc) is 2.65. The van der Waals surface area contributed by atoms with Gasteiger partial charge in [0.15, 0.2) is 9.84 Å². The molecule has 158 valence electrons. The lowest BCUT2D eigenvalue weighted by molar-refractivity contribution is -0.123. The van der Waals surface area contributed by atoms with Gasteiger partial charge in [0.05, 0.1) is 15.5 Å². The Hall–Kier alpha value is -2.60. The molecule has 29 heavy (non-hydrogen) atoms. The fraction of sp³-hybridized carbons (Fsp3) is 0.235. The van der Waals surface area contributed by atoms with Crippen molar-refractivity contribution < 1.29 is 34.8 Å². The molecule has 2 N–H and O–H groups in total. The maximum Gasteiger partial charge on any atom is 0.405 e. The monoisotopic (exact) mass is 450 g/mol. The van der Waals surface area contributed by atoms with Crippen molar-refractivity contribution in [1.29, 1.82) is 0 Å². The molecule has 0 radical (unpaired) electrons. The quantitative estimate of drug-likeness (QED) is 0.674. The Balaban J connectivity index is 2.12. The summed E-state index contributed by atoms with van der Waals surface area (Å²) in [5.74, 6) is -1.09. The maximum atomic E-state index is 12.4. The highest BCUT2D eigenvalue weighted by Crippen LogP contribution is 2.20. The molecule has 0 aliphatic carbocycles. The van der Waals surface area contributed by atoms with Crippen molar-refractivity contribution in [3.63, 3.8) is 0 Å². The molecular weight excluding hydrogens is 433 g/mol. The van der Waals surface area contributed by atoms with Gasteiger partial charge in [-0.25, -0.2) is 16.8 Å². The van der Waals surface area contributed by atoms with Gasteiger partial charge < -0.3 is 5.32 Å². The molecule has 0 aliphatic heterocycles. The van der Waals surface area contributed by atoms with Crippen LogP contribution in [0.5, 0.6) is 0 Å². The standard InChI is InChI=1S/C17H17F3N2O5S2/c1-2-28(24,25)14-9-5-13(6-10-14)22-29(26,27)15-7-3-12(4-8-15)16(23)21-11-17(18,19)20/h3-10,22H,2,11H2,1H3,(H,21,23). The normalized spacial score (nSPS) is 12.4. The lowest BCUT2D eigenvalue weighted by Crippen LogP contribution is -2.33. The number of rotatable bonds is 7. The molecule has 2 aromatic rings. The zero-order chi connectivity index (χ0) is 21.9. The van der Waals surface area contributed by atoms with Gasteiger partial charge in [-0.1, -0.05) is 6.92 Å². The van der Waals surface area contributed by atoms with E-state index in [0.29, 0.717) is 0 Å². The second-order valence-corrected chi connectivity index (χ2v) is 9.82. The largest absolute Gasteiger partial charge is 0.405 e. The number of nitrogens with one attached hydrogen (secondary N) is 2. The molecule has 0 fully saturated rings. The lowest BCUT2D eigenvalue weighted by atomic mass is 10.2. The Morgan fingerprint density at radius 3 is 1.90 bits per heavy atom. The smallest absolute Gasteiger partial charge is 0.343 e. The van der Waals surface area contributed by atoms with E-state index in [9.17, 15) is 34.8 Å². The summed E-state index contributed by atoms with van der Waals surface area (Å²) >= 11 is 0. The van der Waals surface area contributed by atoms with Crippen LogP contribution < -0.4 is 10.0 Å². The molecule has 0 aliphatic rings. The number of anilines is 1. The average molecular weight is 450 g/mol. The van der Waals surface area contributed by atoms with E-state index in [1.807, 2.05) is 0 Å². The number of sulfonamides is 1. The van der Waals surface area contributed by atoms with Gasteiger partial charge >= 0.3 is 6.18 Å². The van der Waals surface area contributed by atoms with E-state index in [0.717, 1.165) is 24.3 Å². The molecule has 0 aromatic heterocycles. The number of carbonyl (C=O) groups is 1. The number of benzene rings is 2. The van der Waals surface area contributed by atoms with Gasteiger partial charge in [0.1, 0.15) is 6.54 Å². The zero-order valence-electron chi connectivity index (χ0n) is 15.0. The number of alkyl halides is 3. The Bertz CT molecular complexity index is 1080. The highest BCUT2D eigenvalue weighted by atomic mass is 32.2. The third-order valence-electron chi connectivity index (χ3n) is 3.72. The number of carbonyl (C=O) groups excluding carboxylic acids is 1. The van der Waals surface area contributed by atoms with Crippen molar-refractivity contribution in [1.82, 2.24) is 5.32 Å². The molecular formula is C17H17F3N2O5S2. The molecule has 0 spiro atoms. The molecule has 2 rings (SSSR count). The van der Waals surface area contributed by atoms with Crippen molar-refractivity contribution in [3.05, 3.63) is 54.1 Å². The first-order chi connectivity index (χ1) is 13.3. The molecule has 7 nitrogen and oxygen atoms in total. The van der Waals surface area contributed by atoms with Crippen LogP contribution in [0.4, 0.5) is 18.9 Å². The second-order valence-electron chi connectivity index (χ2n) is 5.86. The van der Waals surface area contributed by atoms with E-state index in [-0.39, 0.29) is 26.8 Å². The van der Waals surface area contributed by atoms with Gasteiger partial charge in [-0.05, 0) is 48.5 Å². The van der Waals surface area contributed by atoms with Crippen LogP contribution in [0.15, 0.2) is 58.3 Å². The predicted molar refractivity (Wildman–Crippen MR) is 99.8 cm³/mol. The minimum atomic E-state index is -4.56. The van der Waals surface area contributed by atoms with Crippen LogP contribution in [0.1, 0.15) is 17.3 Å². The first kappa shape index (κ1) is 22.7. The number of amides is 1. The Labute approximate surface area is 165 Å². The Morgan fingerprint density at radius 2 is 1.41 bits per heavy atom. The maximum absolute atomic E-state index is 12.4. The molecule has 0 saturated heterocycles. The zero-order valence-corrected chi connectivity index (χ0v) is 16.7. The molecule has 0 saturated carbocycles. The molecule has 0 heterocycles. The highest BCUT2D eigenvalue weighted by Gasteiger charge is 2.28. The van der Waals surface area contributed by atoms with Crippen molar-refractivity contribution in [2.45, 2.75) is 22.9 Å². The van der Waals surface area contributed by atoms with Crippen LogP contribution in [0.25, 0.3) is 0 Å². The van der Waals surface area contributed by atoms with Crippen LogP contribution in [0.3, 0.4) is 0 Å². The number of hydrogen-bond acceptors (Lipinski definition) is 5. The molecule has 2 aromatic carbocycles. The van der Waals surface area contributed by atoms with Gasteiger partial charge in [0.2, 0.25) is 0 Å². The van der Waals surface area contributed by atoms with Gasteiger partial charge in [-0.3, -0.25) is 9.52 Å². The molecule has 0 unspecified atom stereocenters. The first-order valence-electron chi connectivity index (χ1n) is 8.15. The minimum absolute atomic E-state index is 0.0529. The van der Waals surface area contributed by atoms with Gasteiger partial charge in [-0.15, -0.1) is 0 Å². The number of hydrogen-bond donors (Lipinski definition) is 2. The van der Waals surface area contributed by atoms with Crippen LogP contribution >= 0.6 is 0 Å².